The maximum Gasteiger partial charge on any atom is 0.0873 e. The van der Waals surface area contributed by atoms with Crippen LogP contribution in [0.5, 0.6) is 0 Å². The van der Waals surface area contributed by atoms with E-state index < -0.39 is 11.7 Å². The third kappa shape index (κ3) is 4.39. The molecule has 3 nitrogen and oxygen atoms in total. The van der Waals surface area contributed by atoms with Crippen molar-refractivity contribution < 1.29 is 15.3 Å². The van der Waals surface area contributed by atoms with Gasteiger partial charge in [0.25, 0.3) is 0 Å². The molecule has 0 amide bonds. The van der Waals surface area contributed by atoms with E-state index in [0.29, 0.717) is 0 Å². The van der Waals surface area contributed by atoms with Crippen molar-refractivity contribution in [2.75, 3.05) is 6.61 Å². The van der Waals surface area contributed by atoms with Crippen LogP contribution in [0.3, 0.4) is 0 Å². The van der Waals surface area contributed by atoms with E-state index in [0.717, 1.165) is 0 Å². The monoisotopic (exact) mass is 134 g/mol. The number of hydrogen-bond donors (Lipinski definition) is 3. The lowest BCUT2D eigenvalue weighted by Crippen LogP contribution is -2.32. The lowest BCUT2D eigenvalue weighted by atomic mass is 10.0. The minimum absolute atomic E-state index is 0.212. The van der Waals surface area contributed by atoms with Crippen LogP contribution < -0.4 is 0 Å². The minimum Gasteiger partial charge on any atom is -0.393 e. The van der Waals surface area contributed by atoms with Crippen molar-refractivity contribution >= 4 is 0 Å². The average Bonchev–Trinajstić information content (AvgIpc) is 1.63. The van der Waals surface area contributed by atoms with Crippen LogP contribution in [0.25, 0.3) is 0 Å². The van der Waals surface area contributed by atoms with Crippen molar-refractivity contribution in [3.63, 3.8) is 0 Å². The van der Waals surface area contributed by atoms with Crippen molar-refractivity contribution in [2.45, 2.75) is 32.0 Å². The molecule has 2 unspecified atom stereocenters. The van der Waals surface area contributed by atoms with Crippen molar-refractivity contribution in [1.29, 1.82) is 0 Å². The smallest absolute Gasteiger partial charge is 0.0873 e. The van der Waals surface area contributed by atoms with Crippen LogP contribution in [0.1, 0.15) is 20.3 Å². The number of aliphatic hydroxyl groups is 3. The molecule has 0 aliphatic carbocycles. The van der Waals surface area contributed by atoms with Gasteiger partial charge in [-0.2, -0.15) is 0 Å². The minimum atomic E-state index is -1.13. The Hall–Kier alpha value is -0.120. The van der Waals surface area contributed by atoms with E-state index in [1.807, 2.05) is 0 Å². The quantitative estimate of drug-likeness (QED) is 0.487. The Balaban J connectivity index is 3.58. The average molecular weight is 134 g/mol. The van der Waals surface area contributed by atoms with Gasteiger partial charge in [0.15, 0.2) is 0 Å². The summed E-state index contributed by atoms with van der Waals surface area (Å²) >= 11 is 0. The molecule has 9 heavy (non-hydrogen) atoms. The van der Waals surface area contributed by atoms with Gasteiger partial charge in [0, 0.05) is 6.42 Å². The maximum absolute atomic E-state index is 9.08. The summed E-state index contributed by atoms with van der Waals surface area (Å²) in [5.74, 6) is 0. The fraction of sp³-hybridized carbons (Fsp3) is 1.00. The molecule has 0 spiro atoms. The first kappa shape index (κ1) is 8.88. The molecule has 0 aliphatic rings. The molecule has 3 heteroatoms. The van der Waals surface area contributed by atoms with Crippen molar-refractivity contribution in [2.24, 2.45) is 0 Å². The summed E-state index contributed by atoms with van der Waals surface area (Å²) in [6.07, 6.45) is -0.351. The number of rotatable bonds is 3. The first-order valence-electron chi connectivity index (χ1n) is 2.99. The summed E-state index contributed by atoms with van der Waals surface area (Å²) in [5.41, 5.74) is -1.13. The van der Waals surface area contributed by atoms with Crippen molar-refractivity contribution in [1.82, 2.24) is 0 Å². The molecule has 3 N–H and O–H groups in total. The van der Waals surface area contributed by atoms with Gasteiger partial charge in [-0.3, -0.25) is 0 Å². The molecular formula is C6H14O3. The lowest BCUT2D eigenvalue weighted by Gasteiger charge is -2.21. The van der Waals surface area contributed by atoms with Gasteiger partial charge < -0.3 is 15.3 Å². The highest BCUT2D eigenvalue weighted by atomic mass is 16.3. The van der Waals surface area contributed by atoms with Gasteiger partial charge in [0.2, 0.25) is 0 Å². The Kier molecular flexibility index (Phi) is 3.11. The van der Waals surface area contributed by atoms with E-state index in [1.54, 1.807) is 6.92 Å². The van der Waals surface area contributed by atoms with Crippen LogP contribution in [0, 0.1) is 0 Å². The zero-order valence-electron chi connectivity index (χ0n) is 5.83. The fourth-order valence-corrected chi connectivity index (χ4v) is 0.701. The highest BCUT2D eigenvalue weighted by molar-refractivity contribution is 4.72. The Morgan fingerprint density at radius 3 is 2.11 bits per heavy atom. The zero-order valence-corrected chi connectivity index (χ0v) is 5.83. The van der Waals surface area contributed by atoms with Crippen molar-refractivity contribution in [3.8, 4) is 0 Å². The summed E-state index contributed by atoms with van der Waals surface area (Å²) in [4.78, 5) is 0. The Morgan fingerprint density at radius 1 is 1.56 bits per heavy atom. The van der Waals surface area contributed by atoms with E-state index >= 15 is 0 Å². The highest BCUT2D eigenvalue weighted by Crippen LogP contribution is 2.09. The van der Waals surface area contributed by atoms with Gasteiger partial charge in [-0.15, -0.1) is 0 Å². The molecular weight excluding hydrogens is 120 g/mol. The lowest BCUT2D eigenvalue weighted by molar-refractivity contribution is -0.0323. The summed E-state index contributed by atoms with van der Waals surface area (Å²) in [5, 5.41) is 26.3. The van der Waals surface area contributed by atoms with Gasteiger partial charge in [-0.1, -0.05) is 0 Å². The molecule has 0 rings (SSSR count). The molecule has 2 atom stereocenters. The zero-order chi connectivity index (χ0) is 7.49. The molecule has 0 saturated heterocycles. The Bertz CT molecular complexity index is 78.4. The van der Waals surface area contributed by atoms with Crippen LogP contribution in [-0.4, -0.2) is 33.6 Å². The fourth-order valence-electron chi connectivity index (χ4n) is 0.701. The largest absolute Gasteiger partial charge is 0.393 e. The maximum atomic E-state index is 9.08. The first-order chi connectivity index (χ1) is 3.98. The third-order valence-electron chi connectivity index (χ3n) is 1.08. The number of hydrogen-bond acceptors (Lipinski definition) is 3. The third-order valence-corrected chi connectivity index (χ3v) is 1.08. The van der Waals surface area contributed by atoms with Gasteiger partial charge in [0.05, 0.1) is 18.3 Å². The van der Waals surface area contributed by atoms with E-state index in [-0.39, 0.29) is 13.0 Å². The SMILES string of the molecule is CC(O)CC(C)(O)CO. The van der Waals surface area contributed by atoms with Crippen LogP contribution in [0.2, 0.25) is 0 Å². The molecule has 0 bridgehead atoms. The van der Waals surface area contributed by atoms with Crippen LogP contribution >= 0.6 is 0 Å². The summed E-state index contributed by atoms with van der Waals surface area (Å²) in [7, 11) is 0. The molecule has 0 aromatic carbocycles. The standard InChI is InChI=1S/C6H14O3/c1-5(8)3-6(2,9)4-7/h5,7-9H,3-4H2,1-2H3. The second-order valence-corrected chi connectivity index (χ2v) is 2.71. The van der Waals surface area contributed by atoms with E-state index in [9.17, 15) is 0 Å². The molecule has 0 radical (unpaired) electrons. The number of aliphatic hydroxyl groups excluding tert-OH is 2. The normalized spacial score (nSPS) is 21.0. The van der Waals surface area contributed by atoms with Crippen molar-refractivity contribution in [3.05, 3.63) is 0 Å². The molecule has 0 saturated carbocycles. The highest BCUT2D eigenvalue weighted by Gasteiger charge is 2.20. The van der Waals surface area contributed by atoms with Gasteiger partial charge in [-0.25, -0.2) is 0 Å². The first-order valence-corrected chi connectivity index (χ1v) is 2.99. The van der Waals surface area contributed by atoms with Crippen LogP contribution in [0.15, 0.2) is 0 Å². The molecule has 0 aliphatic heterocycles. The molecule has 56 valence electrons. The van der Waals surface area contributed by atoms with Gasteiger partial charge in [0.1, 0.15) is 0 Å². The Labute approximate surface area is 54.9 Å². The summed E-state index contributed by atoms with van der Waals surface area (Å²) < 4.78 is 0. The summed E-state index contributed by atoms with van der Waals surface area (Å²) in [6, 6.07) is 0. The topological polar surface area (TPSA) is 60.7 Å². The Morgan fingerprint density at radius 2 is 2.00 bits per heavy atom. The molecule has 0 aromatic rings. The van der Waals surface area contributed by atoms with Crippen LogP contribution in [0.4, 0.5) is 0 Å². The van der Waals surface area contributed by atoms with Crippen LogP contribution in [-0.2, 0) is 0 Å². The second-order valence-electron chi connectivity index (χ2n) is 2.71. The van der Waals surface area contributed by atoms with E-state index in [1.165, 1.54) is 6.92 Å². The predicted molar refractivity (Wildman–Crippen MR) is 34.0 cm³/mol. The molecule has 0 fully saturated rings. The van der Waals surface area contributed by atoms with Gasteiger partial charge >= 0.3 is 0 Å². The van der Waals surface area contributed by atoms with E-state index in [2.05, 4.69) is 0 Å². The predicted octanol–water partition coefficient (Wildman–Crippen LogP) is -0.499. The second kappa shape index (κ2) is 3.15. The molecule has 0 heterocycles. The van der Waals surface area contributed by atoms with E-state index in [4.69, 9.17) is 15.3 Å². The summed E-state index contributed by atoms with van der Waals surface area (Å²) in [6.45, 7) is 2.75. The van der Waals surface area contributed by atoms with Gasteiger partial charge in [-0.05, 0) is 13.8 Å². The molecule has 0 aromatic heterocycles.